The monoisotopic (exact) mass is 334 g/mol. The van der Waals surface area contributed by atoms with Crippen molar-refractivity contribution >= 4 is 21.9 Å². The maximum absolute atomic E-state index is 8.36. The Morgan fingerprint density at radius 2 is 1.95 bits per heavy atom. The molecule has 106 valence electrons. The molecule has 0 unspecified atom stereocenters. The molecule has 8 nitrogen and oxygen atoms in total. The summed E-state index contributed by atoms with van der Waals surface area (Å²) >= 11 is 3.35. The molecule has 9 heteroatoms. The molecule has 5 N–H and O–H groups in total. The number of benzene rings is 1. The van der Waals surface area contributed by atoms with Gasteiger partial charge in [0, 0.05) is 17.4 Å². The average molecular weight is 335 g/mol. The second-order valence-corrected chi connectivity index (χ2v) is 4.12. The molecule has 0 fully saturated rings. The van der Waals surface area contributed by atoms with Gasteiger partial charge in [0.25, 0.3) is 5.09 Å². The van der Waals surface area contributed by atoms with Gasteiger partial charge in [-0.15, -0.1) is 10.1 Å². The van der Waals surface area contributed by atoms with Gasteiger partial charge in [0.1, 0.15) is 5.75 Å². The number of halogens is 1. The van der Waals surface area contributed by atoms with Crippen LogP contribution in [0.3, 0.4) is 0 Å². The quantitative estimate of drug-likeness (QED) is 0.243. The van der Waals surface area contributed by atoms with E-state index in [1.165, 1.54) is 0 Å². The molecule has 0 saturated carbocycles. The summed E-state index contributed by atoms with van der Waals surface area (Å²) in [5.74, 6) is 0.974. The normalized spacial score (nSPS) is 8.89. The predicted octanol–water partition coefficient (Wildman–Crippen LogP) is 1.14. The summed E-state index contributed by atoms with van der Waals surface area (Å²) in [6, 6.07) is 7.69. The van der Waals surface area contributed by atoms with Crippen molar-refractivity contribution in [3.05, 3.63) is 38.9 Å². The smallest absolute Gasteiger partial charge is 0.291 e. The van der Waals surface area contributed by atoms with Gasteiger partial charge in [-0.1, -0.05) is 15.9 Å². The summed E-state index contributed by atoms with van der Waals surface area (Å²) in [5, 5.41) is 13.6. The fourth-order valence-corrected chi connectivity index (χ4v) is 1.26. The van der Waals surface area contributed by atoms with Crippen LogP contribution in [0.4, 0.5) is 0 Å². The van der Waals surface area contributed by atoms with Crippen molar-refractivity contribution in [2.24, 2.45) is 16.5 Å². The van der Waals surface area contributed by atoms with Gasteiger partial charge in [-0.25, -0.2) is 0 Å². The third-order valence-corrected chi connectivity index (χ3v) is 2.21. The van der Waals surface area contributed by atoms with Gasteiger partial charge in [0.05, 0.1) is 6.61 Å². The molecule has 0 radical (unpaired) electrons. The van der Waals surface area contributed by atoms with Crippen molar-refractivity contribution in [1.82, 2.24) is 0 Å². The summed E-state index contributed by atoms with van der Waals surface area (Å²) in [6.45, 7) is 1.21. The van der Waals surface area contributed by atoms with Crippen molar-refractivity contribution in [3.63, 3.8) is 0 Å². The lowest BCUT2D eigenvalue weighted by molar-refractivity contribution is -0.742. The minimum Gasteiger partial charge on any atom is -0.494 e. The van der Waals surface area contributed by atoms with E-state index in [0.717, 1.165) is 16.6 Å². The first-order valence-corrected chi connectivity index (χ1v) is 5.98. The summed E-state index contributed by atoms with van der Waals surface area (Å²) in [7, 11) is 0. The fraction of sp³-hybridized carbons (Fsp3) is 0.300. The zero-order chi connectivity index (χ0) is 14.7. The summed E-state index contributed by atoms with van der Waals surface area (Å²) in [5.41, 5.74) is 10.4. The minimum atomic E-state index is -1.50. The van der Waals surface area contributed by atoms with Crippen LogP contribution >= 0.6 is 15.9 Å². The van der Waals surface area contributed by atoms with Crippen LogP contribution in [0.2, 0.25) is 0 Å². The molecule has 0 bridgehead atoms. The minimum absolute atomic E-state index is 0.124. The van der Waals surface area contributed by atoms with Crippen LogP contribution in [0.25, 0.3) is 0 Å². The number of rotatable bonds is 5. The van der Waals surface area contributed by atoms with Crippen molar-refractivity contribution in [2.45, 2.75) is 6.42 Å². The van der Waals surface area contributed by atoms with Gasteiger partial charge in [0.15, 0.2) is 5.96 Å². The van der Waals surface area contributed by atoms with Gasteiger partial charge in [-0.05, 0) is 24.3 Å². The lowest BCUT2D eigenvalue weighted by atomic mass is 10.3. The third kappa shape index (κ3) is 12.2. The molecule has 1 aromatic carbocycles. The molecular weight excluding hydrogens is 320 g/mol. The van der Waals surface area contributed by atoms with E-state index >= 15 is 0 Å². The van der Waals surface area contributed by atoms with E-state index in [-0.39, 0.29) is 5.96 Å². The highest BCUT2D eigenvalue weighted by atomic mass is 79.9. The standard InChI is InChI=1S/C10H14BrN3O.HNO3/c11-8-2-4-9(5-3-8)15-7-1-6-14-10(12)13;2-1(3)4/h2-5H,1,6-7H2,(H4,12,13,14);(H,2,3,4). The van der Waals surface area contributed by atoms with E-state index in [1.54, 1.807) is 0 Å². The average Bonchev–Trinajstić information content (AvgIpc) is 2.30. The highest BCUT2D eigenvalue weighted by molar-refractivity contribution is 9.10. The van der Waals surface area contributed by atoms with E-state index in [4.69, 9.17) is 31.5 Å². The van der Waals surface area contributed by atoms with E-state index in [0.29, 0.717) is 13.2 Å². The van der Waals surface area contributed by atoms with Gasteiger partial charge in [-0.2, -0.15) is 0 Å². The molecule has 19 heavy (non-hydrogen) atoms. The molecule has 0 amide bonds. The van der Waals surface area contributed by atoms with E-state index in [9.17, 15) is 0 Å². The molecule has 0 spiro atoms. The van der Waals surface area contributed by atoms with Crippen molar-refractivity contribution in [3.8, 4) is 5.75 Å². The van der Waals surface area contributed by atoms with Crippen LogP contribution in [-0.4, -0.2) is 29.4 Å². The van der Waals surface area contributed by atoms with Crippen LogP contribution < -0.4 is 16.2 Å². The predicted molar refractivity (Wildman–Crippen MR) is 73.7 cm³/mol. The zero-order valence-corrected chi connectivity index (χ0v) is 11.6. The topological polar surface area (TPSA) is 137 Å². The van der Waals surface area contributed by atoms with Crippen LogP contribution in [-0.2, 0) is 0 Å². The summed E-state index contributed by atoms with van der Waals surface area (Å²) in [4.78, 5) is 12.2. The van der Waals surface area contributed by atoms with Gasteiger partial charge < -0.3 is 21.4 Å². The number of hydrogen-bond acceptors (Lipinski definition) is 4. The molecule has 0 saturated heterocycles. The zero-order valence-electron chi connectivity index (χ0n) is 10.0. The lowest BCUT2D eigenvalue weighted by Gasteiger charge is -2.04. The Morgan fingerprint density at radius 1 is 1.42 bits per heavy atom. The van der Waals surface area contributed by atoms with Gasteiger partial charge in [0.2, 0.25) is 0 Å². The Kier molecular flexibility index (Phi) is 8.88. The largest absolute Gasteiger partial charge is 0.494 e. The highest BCUT2D eigenvalue weighted by Gasteiger charge is 1.93. The number of ether oxygens (including phenoxy) is 1. The summed E-state index contributed by atoms with van der Waals surface area (Å²) in [6.07, 6.45) is 0.800. The SMILES string of the molecule is NC(N)=NCCCOc1ccc(Br)cc1.O=[N+]([O-])O. The van der Waals surface area contributed by atoms with Crippen molar-refractivity contribution in [1.29, 1.82) is 0 Å². The van der Waals surface area contributed by atoms with Gasteiger partial charge >= 0.3 is 0 Å². The van der Waals surface area contributed by atoms with E-state index < -0.39 is 5.09 Å². The number of aliphatic imine (C=N–C) groups is 1. The number of hydrogen-bond donors (Lipinski definition) is 3. The molecule has 0 aliphatic carbocycles. The Balaban J connectivity index is 0.000000711. The maximum atomic E-state index is 8.36. The molecule has 0 aliphatic rings. The molecule has 1 aromatic rings. The number of nitrogens with zero attached hydrogens (tertiary/aromatic N) is 2. The van der Waals surface area contributed by atoms with E-state index in [1.807, 2.05) is 24.3 Å². The maximum Gasteiger partial charge on any atom is 0.291 e. The van der Waals surface area contributed by atoms with Crippen molar-refractivity contribution in [2.75, 3.05) is 13.2 Å². The molecule has 0 heterocycles. The molecule has 0 atom stereocenters. The first kappa shape index (κ1) is 17.0. The molecule has 1 rings (SSSR count). The number of nitrogens with two attached hydrogens (primary N) is 2. The Labute approximate surface area is 118 Å². The van der Waals surface area contributed by atoms with Crippen LogP contribution in [0.1, 0.15) is 6.42 Å². The first-order chi connectivity index (χ1) is 8.91. The second-order valence-electron chi connectivity index (χ2n) is 3.20. The Hall–Kier alpha value is -2.03. The second kappa shape index (κ2) is 9.95. The van der Waals surface area contributed by atoms with E-state index in [2.05, 4.69) is 20.9 Å². The van der Waals surface area contributed by atoms with Crippen LogP contribution in [0.15, 0.2) is 33.7 Å². The molecule has 0 aliphatic heterocycles. The highest BCUT2D eigenvalue weighted by Crippen LogP contribution is 2.15. The van der Waals surface area contributed by atoms with Crippen LogP contribution in [0, 0.1) is 10.1 Å². The number of guanidine groups is 1. The molecule has 0 aromatic heterocycles. The fourth-order valence-electron chi connectivity index (χ4n) is 0.994. The van der Waals surface area contributed by atoms with Crippen LogP contribution in [0.5, 0.6) is 5.75 Å². The summed E-state index contributed by atoms with van der Waals surface area (Å²) < 4.78 is 6.51. The lowest BCUT2D eigenvalue weighted by Crippen LogP contribution is -2.23. The van der Waals surface area contributed by atoms with Gasteiger partial charge in [-0.3, -0.25) is 4.99 Å². The third-order valence-electron chi connectivity index (χ3n) is 1.68. The van der Waals surface area contributed by atoms with Crippen molar-refractivity contribution < 1.29 is 15.0 Å². The first-order valence-electron chi connectivity index (χ1n) is 5.19. The molecular formula is C10H15BrN4O4. The Morgan fingerprint density at radius 3 is 2.42 bits per heavy atom. The Bertz CT molecular complexity index is 402.